The summed E-state index contributed by atoms with van der Waals surface area (Å²) >= 11 is 6.13. The van der Waals surface area contributed by atoms with Crippen LogP contribution in [0.4, 0.5) is 0 Å². The van der Waals surface area contributed by atoms with Gasteiger partial charge in [0.1, 0.15) is 6.07 Å². The average Bonchev–Trinajstić information content (AvgIpc) is 2.69. The third-order valence-corrected chi connectivity index (χ3v) is 3.29. The van der Waals surface area contributed by atoms with Crippen molar-refractivity contribution < 1.29 is 0 Å². The van der Waals surface area contributed by atoms with Gasteiger partial charge in [0, 0.05) is 6.20 Å². The van der Waals surface area contributed by atoms with Gasteiger partial charge < -0.3 is 0 Å². The van der Waals surface area contributed by atoms with E-state index in [1.54, 1.807) is 0 Å². The highest BCUT2D eigenvalue weighted by Crippen LogP contribution is 2.26. The van der Waals surface area contributed by atoms with E-state index in [0.29, 0.717) is 16.2 Å². The van der Waals surface area contributed by atoms with Crippen molar-refractivity contribution in [3.63, 3.8) is 0 Å². The molecule has 2 heterocycles. The number of fused-ring (bicyclic) bond motifs is 3. The Labute approximate surface area is 103 Å². The third-order valence-electron chi connectivity index (χ3n) is 2.91. The fraction of sp³-hybridized carbons (Fsp3) is 0.0769. The molecule has 0 bridgehead atoms. The molecule has 0 fully saturated rings. The standard InChI is InChI=1S/C13H8ClN3/c1-8-9(6-15)13-16-11-4-2-3-5-12(11)17(13)7-10(8)14/h2-5,7H,1H3. The summed E-state index contributed by atoms with van der Waals surface area (Å²) in [4.78, 5) is 4.47. The molecule has 17 heavy (non-hydrogen) atoms. The van der Waals surface area contributed by atoms with Crippen molar-refractivity contribution in [1.29, 1.82) is 5.26 Å². The van der Waals surface area contributed by atoms with Crippen LogP contribution in [0.1, 0.15) is 11.1 Å². The molecule has 0 saturated carbocycles. The number of hydrogen-bond donors (Lipinski definition) is 0. The van der Waals surface area contributed by atoms with Crippen molar-refractivity contribution in [2.75, 3.05) is 0 Å². The molecule has 0 spiro atoms. The molecule has 0 amide bonds. The average molecular weight is 242 g/mol. The molecule has 1 aromatic carbocycles. The molecule has 0 aliphatic rings. The predicted molar refractivity (Wildman–Crippen MR) is 67.2 cm³/mol. The van der Waals surface area contributed by atoms with Crippen molar-refractivity contribution >= 4 is 28.3 Å². The largest absolute Gasteiger partial charge is 0.297 e. The molecule has 82 valence electrons. The molecular formula is C13H8ClN3. The second-order valence-corrected chi connectivity index (χ2v) is 4.29. The molecule has 3 rings (SSSR count). The normalized spacial score (nSPS) is 10.9. The van der Waals surface area contributed by atoms with Crippen LogP contribution in [0.25, 0.3) is 16.7 Å². The van der Waals surface area contributed by atoms with Crippen LogP contribution in [-0.2, 0) is 0 Å². The first-order valence-corrected chi connectivity index (χ1v) is 5.56. The lowest BCUT2D eigenvalue weighted by Gasteiger charge is -2.03. The molecular weight excluding hydrogens is 234 g/mol. The minimum Gasteiger partial charge on any atom is -0.297 e. The van der Waals surface area contributed by atoms with E-state index in [-0.39, 0.29) is 0 Å². The number of imidazole rings is 1. The number of halogens is 1. The Morgan fingerprint density at radius 3 is 2.88 bits per heavy atom. The summed E-state index contributed by atoms with van der Waals surface area (Å²) in [5.41, 5.74) is 3.80. The summed E-state index contributed by atoms with van der Waals surface area (Å²) in [5.74, 6) is 0. The number of aromatic nitrogens is 2. The zero-order valence-corrected chi connectivity index (χ0v) is 9.86. The molecule has 0 saturated heterocycles. The van der Waals surface area contributed by atoms with Gasteiger partial charge in [-0.3, -0.25) is 4.40 Å². The van der Waals surface area contributed by atoms with E-state index in [4.69, 9.17) is 11.6 Å². The molecule has 0 aliphatic heterocycles. The second-order valence-electron chi connectivity index (χ2n) is 3.88. The number of para-hydroxylation sites is 2. The van der Waals surface area contributed by atoms with Crippen LogP contribution in [0.5, 0.6) is 0 Å². The lowest BCUT2D eigenvalue weighted by molar-refractivity contribution is 1.19. The van der Waals surface area contributed by atoms with Gasteiger partial charge in [-0.1, -0.05) is 23.7 Å². The first kappa shape index (κ1) is 10.1. The van der Waals surface area contributed by atoms with Gasteiger partial charge in [-0.25, -0.2) is 4.98 Å². The highest BCUT2D eigenvalue weighted by molar-refractivity contribution is 6.31. The molecule has 3 aromatic rings. The first-order valence-electron chi connectivity index (χ1n) is 5.18. The van der Waals surface area contributed by atoms with Gasteiger partial charge in [-0.2, -0.15) is 5.26 Å². The molecule has 2 aromatic heterocycles. The van der Waals surface area contributed by atoms with Crippen molar-refractivity contribution in [3.05, 3.63) is 46.6 Å². The van der Waals surface area contributed by atoms with Crippen molar-refractivity contribution in [3.8, 4) is 6.07 Å². The molecule has 3 nitrogen and oxygen atoms in total. The van der Waals surface area contributed by atoms with Gasteiger partial charge in [0.15, 0.2) is 5.65 Å². The first-order chi connectivity index (χ1) is 8.22. The maximum absolute atomic E-state index is 9.20. The molecule has 0 N–H and O–H groups in total. The highest BCUT2D eigenvalue weighted by Gasteiger charge is 2.13. The summed E-state index contributed by atoms with van der Waals surface area (Å²) in [6, 6.07) is 9.92. The molecule has 0 aliphatic carbocycles. The Balaban J connectivity index is 2.62. The zero-order valence-electron chi connectivity index (χ0n) is 9.11. The minimum absolute atomic E-state index is 0.536. The molecule has 0 atom stereocenters. The Hall–Kier alpha value is -2.05. The fourth-order valence-corrected chi connectivity index (χ4v) is 2.17. The summed E-state index contributed by atoms with van der Waals surface area (Å²) in [6.45, 7) is 1.83. The van der Waals surface area contributed by atoms with Crippen LogP contribution in [-0.4, -0.2) is 9.38 Å². The number of nitrogens with zero attached hydrogens (tertiary/aromatic N) is 3. The van der Waals surface area contributed by atoms with E-state index in [9.17, 15) is 5.26 Å². The predicted octanol–water partition coefficient (Wildman–Crippen LogP) is 3.32. The van der Waals surface area contributed by atoms with Crippen molar-refractivity contribution in [2.45, 2.75) is 6.92 Å². The Morgan fingerprint density at radius 2 is 2.12 bits per heavy atom. The van der Waals surface area contributed by atoms with E-state index < -0.39 is 0 Å². The van der Waals surface area contributed by atoms with Crippen LogP contribution in [0.2, 0.25) is 5.02 Å². The number of rotatable bonds is 0. The lowest BCUT2D eigenvalue weighted by atomic mass is 10.2. The van der Waals surface area contributed by atoms with Gasteiger partial charge in [0.05, 0.1) is 21.6 Å². The Morgan fingerprint density at radius 1 is 1.35 bits per heavy atom. The molecule has 0 radical (unpaired) electrons. The van der Waals surface area contributed by atoms with Crippen LogP contribution in [0.15, 0.2) is 30.5 Å². The molecule has 4 heteroatoms. The summed E-state index contributed by atoms with van der Waals surface area (Å²) in [5, 5.41) is 9.78. The highest BCUT2D eigenvalue weighted by atomic mass is 35.5. The number of nitriles is 1. The van der Waals surface area contributed by atoms with E-state index in [1.165, 1.54) is 0 Å². The van der Waals surface area contributed by atoms with Crippen LogP contribution < -0.4 is 0 Å². The van der Waals surface area contributed by atoms with Gasteiger partial charge in [-0.15, -0.1) is 0 Å². The van der Waals surface area contributed by atoms with Crippen LogP contribution in [0, 0.1) is 18.3 Å². The fourth-order valence-electron chi connectivity index (χ4n) is 1.98. The monoisotopic (exact) mass is 241 g/mol. The van der Waals surface area contributed by atoms with Gasteiger partial charge in [0.2, 0.25) is 0 Å². The van der Waals surface area contributed by atoms with Crippen LogP contribution in [0.3, 0.4) is 0 Å². The summed E-state index contributed by atoms with van der Waals surface area (Å²) < 4.78 is 1.86. The summed E-state index contributed by atoms with van der Waals surface area (Å²) in [7, 11) is 0. The van der Waals surface area contributed by atoms with Gasteiger partial charge in [-0.05, 0) is 24.6 Å². The van der Waals surface area contributed by atoms with Gasteiger partial charge in [0.25, 0.3) is 0 Å². The minimum atomic E-state index is 0.536. The summed E-state index contributed by atoms with van der Waals surface area (Å²) in [6.07, 6.45) is 1.81. The second kappa shape index (κ2) is 3.47. The smallest absolute Gasteiger partial charge is 0.156 e. The maximum atomic E-state index is 9.20. The molecule has 0 unspecified atom stereocenters. The maximum Gasteiger partial charge on any atom is 0.156 e. The quantitative estimate of drug-likeness (QED) is 0.606. The lowest BCUT2D eigenvalue weighted by Crippen LogP contribution is -1.93. The number of benzene rings is 1. The third kappa shape index (κ3) is 1.31. The Bertz CT molecular complexity index is 781. The number of hydrogen-bond acceptors (Lipinski definition) is 2. The van der Waals surface area contributed by atoms with E-state index in [2.05, 4.69) is 11.1 Å². The van der Waals surface area contributed by atoms with Gasteiger partial charge >= 0.3 is 0 Å². The van der Waals surface area contributed by atoms with Crippen molar-refractivity contribution in [2.24, 2.45) is 0 Å². The topological polar surface area (TPSA) is 41.1 Å². The van der Waals surface area contributed by atoms with Crippen molar-refractivity contribution in [1.82, 2.24) is 9.38 Å². The number of pyridine rings is 1. The Kier molecular flexibility index (Phi) is 2.07. The zero-order chi connectivity index (χ0) is 12.0. The van der Waals surface area contributed by atoms with E-state index in [0.717, 1.165) is 16.6 Å². The van der Waals surface area contributed by atoms with E-state index >= 15 is 0 Å². The van der Waals surface area contributed by atoms with E-state index in [1.807, 2.05) is 41.8 Å². The van der Waals surface area contributed by atoms with Crippen LogP contribution >= 0.6 is 11.6 Å². The SMILES string of the molecule is Cc1c(Cl)cn2c(nc3ccccc32)c1C#N.